The molecule has 1 aromatic carbocycles. The summed E-state index contributed by atoms with van der Waals surface area (Å²) in [4.78, 5) is 4.97. The lowest BCUT2D eigenvalue weighted by Crippen LogP contribution is -2.47. The van der Waals surface area contributed by atoms with E-state index in [2.05, 4.69) is 15.9 Å². The first-order valence-corrected chi connectivity index (χ1v) is 12.8. The fourth-order valence-corrected chi connectivity index (χ4v) is 6.10. The number of benzene rings is 1. The van der Waals surface area contributed by atoms with Crippen LogP contribution < -0.4 is 14.4 Å². The van der Waals surface area contributed by atoms with Crippen molar-refractivity contribution in [1.29, 1.82) is 0 Å². The average Bonchev–Trinajstić information content (AvgIpc) is 3.22. The highest BCUT2D eigenvalue weighted by Crippen LogP contribution is 2.41. The number of hydrogen-bond acceptors (Lipinski definition) is 6. The maximum Gasteiger partial charge on any atom is 0.231 e. The van der Waals surface area contributed by atoms with Gasteiger partial charge >= 0.3 is 0 Å². The topological polar surface area (TPSA) is 62.3 Å². The molecule has 0 aromatic heterocycles. The number of anilines is 1. The number of para-hydroxylation sites is 1. The van der Waals surface area contributed by atoms with Crippen molar-refractivity contribution in [3.63, 3.8) is 0 Å². The molecule has 0 bridgehead atoms. The second-order valence-electron chi connectivity index (χ2n) is 9.08. The van der Waals surface area contributed by atoms with Gasteiger partial charge in [-0.3, -0.25) is 4.90 Å². The first-order chi connectivity index (χ1) is 14.4. The Hall–Kier alpha value is -1.51. The molecule has 168 valence electrons. The molecule has 0 radical (unpaired) electrons. The summed E-state index contributed by atoms with van der Waals surface area (Å²) in [5, 5.41) is 0. The van der Waals surface area contributed by atoms with Crippen molar-refractivity contribution in [1.82, 2.24) is 9.21 Å². The van der Waals surface area contributed by atoms with Gasteiger partial charge in [0, 0.05) is 40.3 Å². The summed E-state index contributed by atoms with van der Waals surface area (Å²) in [5.74, 6) is 3.12. The summed E-state index contributed by atoms with van der Waals surface area (Å²) in [6.45, 7) is 5.62. The third-order valence-electron chi connectivity index (χ3n) is 6.91. The molecular weight excluding hydrogens is 402 g/mol. The maximum absolute atomic E-state index is 12.1. The fourth-order valence-electron chi connectivity index (χ4n) is 4.88. The minimum Gasteiger partial charge on any atom is -0.454 e. The van der Waals surface area contributed by atoms with Gasteiger partial charge in [0.2, 0.25) is 16.8 Å². The van der Waals surface area contributed by atoms with Crippen molar-refractivity contribution >= 4 is 15.7 Å². The highest BCUT2D eigenvalue weighted by atomic mass is 32.2. The molecule has 2 heterocycles. The van der Waals surface area contributed by atoms with Crippen LogP contribution >= 0.6 is 0 Å². The number of nitrogens with zero attached hydrogens (tertiary/aromatic N) is 3. The maximum atomic E-state index is 12.1. The van der Waals surface area contributed by atoms with Crippen LogP contribution in [0.2, 0.25) is 0 Å². The lowest BCUT2D eigenvalue weighted by molar-refractivity contribution is 0.173. The van der Waals surface area contributed by atoms with Crippen LogP contribution in [0.1, 0.15) is 32.1 Å². The van der Waals surface area contributed by atoms with Crippen molar-refractivity contribution in [2.75, 3.05) is 64.3 Å². The Bertz CT molecular complexity index is 814. The monoisotopic (exact) mass is 437 g/mol. The highest BCUT2D eigenvalue weighted by Gasteiger charge is 2.28. The Balaban J connectivity index is 1.18. The summed E-state index contributed by atoms with van der Waals surface area (Å²) in [6.07, 6.45) is 5.66. The molecule has 2 fully saturated rings. The van der Waals surface area contributed by atoms with Gasteiger partial charge in [0.15, 0.2) is 11.5 Å². The Kier molecular flexibility index (Phi) is 6.75. The van der Waals surface area contributed by atoms with E-state index < -0.39 is 10.0 Å². The number of fused-ring (bicyclic) bond motifs is 1. The van der Waals surface area contributed by atoms with E-state index >= 15 is 0 Å². The lowest BCUT2D eigenvalue weighted by Gasteiger charge is -2.37. The Morgan fingerprint density at radius 2 is 1.70 bits per heavy atom. The smallest absolute Gasteiger partial charge is 0.231 e. The van der Waals surface area contributed by atoms with Crippen LogP contribution in [-0.4, -0.2) is 77.0 Å². The summed E-state index contributed by atoms with van der Waals surface area (Å²) >= 11 is 0. The molecule has 0 spiro atoms. The molecule has 2 aliphatic heterocycles. The number of ether oxygens (including phenoxy) is 2. The van der Waals surface area contributed by atoms with Crippen LogP contribution in [0.4, 0.5) is 5.69 Å². The number of piperazine rings is 1. The standard InChI is InChI=1S/C22H35N3O4S/c1-23(2)30(26,27)16-19-8-6-18(7-9-19)10-11-24-12-14-25(15-13-24)20-4-3-5-21-22(20)29-17-28-21/h3-5,18-19H,6-17H2,1-2H3. The predicted molar refractivity (Wildman–Crippen MR) is 119 cm³/mol. The summed E-state index contributed by atoms with van der Waals surface area (Å²) < 4.78 is 36.7. The van der Waals surface area contributed by atoms with E-state index in [1.165, 1.54) is 23.6 Å². The van der Waals surface area contributed by atoms with Crippen LogP contribution in [0.5, 0.6) is 11.5 Å². The molecular formula is C22H35N3O4S. The number of hydrogen-bond donors (Lipinski definition) is 0. The van der Waals surface area contributed by atoms with E-state index in [1.54, 1.807) is 14.1 Å². The molecule has 0 unspecified atom stereocenters. The molecule has 30 heavy (non-hydrogen) atoms. The van der Waals surface area contributed by atoms with E-state index in [4.69, 9.17) is 9.47 Å². The molecule has 7 nitrogen and oxygen atoms in total. The van der Waals surface area contributed by atoms with E-state index in [0.29, 0.717) is 18.5 Å². The van der Waals surface area contributed by atoms with Gasteiger partial charge in [-0.1, -0.05) is 18.9 Å². The van der Waals surface area contributed by atoms with Crippen molar-refractivity contribution in [3.8, 4) is 11.5 Å². The predicted octanol–water partition coefficient (Wildman–Crippen LogP) is 2.63. The second kappa shape index (κ2) is 9.32. The van der Waals surface area contributed by atoms with E-state index in [9.17, 15) is 8.42 Å². The number of sulfonamides is 1. The van der Waals surface area contributed by atoms with Crippen LogP contribution in [0.25, 0.3) is 0 Å². The quantitative estimate of drug-likeness (QED) is 0.654. The fraction of sp³-hybridized carbons (Fsp3) is 0.727. The van der Waals surface area contributed by atoms with Gasteiger partial charge < -0.3 is 14.4 Å². The summed E-state index contributed by atoms with van der Waals surface area (Å²) in [6, 6.07) is 6.13. The van der Waals surface area contributed by atoms with Gasteiger partial charge in [-0.15, -0.1) is 0 Å². The molecule has 1 saturated carbocycles. The van der Waals surface area contributed by atoms with E-state index in [0.717, 1.165) is 68.7 Å². The minimum absolute atomic E-state index is 0.312. The van der Waals surface area contributed by atoms with Gasteiger partial charge in [0.1, 0.15) is 0 Å². The molecule has 8 heteroatoms. The van der Waals surface area contributed by atoms with E-state index in [-0.39, 0.29) is 0 Å². The van der Waals surface area contributed by atoms with Crippen LogP contribution in [0.3, 0.4) is 0 Å². The van der Waals surface area contributed by atoms with Gasteiger partial charge in [-0.2, -0.15) is 0 Å². The zero-order valence-corrected chi connectivity index (χ0v) is 19.1. The molecule has 1 aromatic rings. The van der Waals surface area contributed by atoms with Gasteiger partial charge in [-0.05, 0) is 49.8 Å². The highest BCUT2D eigenvalue weighted by molar-refractivity contribution is 7.89. The largest absolute Gasteiger partial charge is 0.454 e. The lowest BCUT2D eigenvalue weighted by atomic mass is 9.81. The molecule has 0 amide bonds. The Labute approximate surface area is 181 Å². The second-order valence-corrected chi connectivity index (χ2v) is 11.3. The minimum atomic E-state index is -3.07. The van der Waals surface area contributed by atoms with Crippen LogP contribution in [0, 0.1) is 11.8 Å². The molecule has 3 aliphatic rings. The molecule has 1 saturated heterocycles. The van der Waals surface area contributed by atoms with Crippen LogP contribution in [0.15, 0.2) is 18.2 Å². The first kappa shape index (κ1) is 21.7. The summed E-state index contributed by atoms with van der Waals surface area (Å²) in [7, 11) is 0.190. The third-order valence-corrected chi connectivity index (χ3v) is 8.92. The van der Waals surface area contributed by atoms with Gasteiger partial charge in [0.25, 0.3) is 0 Å². The Morgan fingerprint density at radius 1 is 1.00 bits per heavy atom. The van der Waals surface area contributed by atoms with Crippen molar-refractivity contribution in [2.45, 2.75) is 32.1 Å². The average molecular weight is 438 g/mol. The van der Waals surface area contributed by atoms with Crippen molar-refractivity contribution < 1.29 is 17.9 Å². The van der Waals surface area contributed by atoms with E-state index in [1.807, 2.05) is 12.1 Å². The zero-order chi connectivity index (χ0) is 21.1. The molecule has 0 N–H and O–H groups in total. The molecule has 0 atom stereocenters. The molecule has 1 aliphatic carbocycles. The normalized spacial score (nSPS) is 25.1. The SMILES string of the molecule is CN(C)S(=O)(=O)CC1CCC(CCN2CCN(c3cccc4c3OCO4)CC2)CC1. The third kappa shape index (κ3) is 5.03. The Morgan fingerprint density at radius 3 is 2.40 bits per heavy atom. The van der Waals surface area contributed by atoms with Crippen LogP contribution in [-0.2, 0) is 10.0 Å². The van der Waals surface area contributed by atoms with Gasteiger partial charge in [-0.25, -0.2) is 12.7 Å². The van der Waals surface area contributed by atoms with Gasteiger partial charge in [0.05, 0.1) is 11.4 Å². The van der Waals surface area contributed by atoms with Crippen molar-refractivity contribution in [2.24, 2.45) is 11.8 Å². The van der Waals surface area contributed by atoms with Crippen molar-refractivity contribution in [3.05, 3.63) is 18.2 Å². The zero-order valence-electron chi connectivity index (χ0n) is 18.3. The molecule has 4 rings (SSSR count). The first-order valence-electron chi connectivity index (χ1n) is 11.2. The number of rotatable bonds is 7. The summed E-state index contributed by atoms with van der Waals surface area (Å²) in [5.41, 5.74) is 1.15.